The summed E-state index contributed by atoms with van der Waals surface area (Å²) in [5, 5.41) is 0. The molecule has 3 nitrogen and oxygen atoms in total. The standard InChI is InChI=1S/C26H28F3NO2/c1-4-21-15(2)12-23-24(16(3)32-25(23)31)22(21)11-10-20-9-8-18(14-30-20)17-6-5-7-19(13-17)26(27,28)29/h5-11,13-16,21-24H,4,12H2,1-3H3/b11-10+/t15-,16+,21+,22-,23+,24-/m0/s1. The van der Waals surface area contributed by atoms with Crippen molar-refractivity contribution in [3.05, 3.63) is 59.9 Å². The number of benzene rings is 1. The second kappa shape index (κ2) is 8.72. The second-order valence-electron chi connectivity index (χ2n) is 9.10. The van der Waals surface area contributed by atoms with Gasteiger partial charge in [0.25, 0.3) is 0 Å². The van der Waals surface area contributed by atoms with Gasteiger partial charge >= 0.3 is 12.1 Å². The molecule has 2 aliphatic rings. The number of aromatic nitrogens is 1. The van der Waals surface area contributed by atoms with Gasteiger partial charge in [0, 0.05) is 17.7 Å². The molecule has 0 bridgehead atoms. The molecule has 0 unspecified atom stereocenters. The van der Waals surface area contributed by atoms with Gasteiger partial charge in [-0.25, -0.2) is 0 Å². The van der Waals surface area contributed by atoms with Crippen LogP contribution < -0.4 is 0 Å². The van der Waals surface area contributed by atoms with Crippen molar-refractivity contribution in [2.24, 2.45) is 29.6 Å². The van der Waals surface area contributed by atoms with Gasteiger partial charge in [-0.15, -0.1) is 0 Å². The maximum Gasteiger partial charge on any atom is 0.416 e. The van der Waals surface area contributed by atoms with Gasteiger partial charge in [-0.2, -0.15) is 13.2 Å². The summed E-state index contributed by atoms with van der Waals surface area (Å²) in [4.78, 5) is 16.8. The first-order chi connectivity index (χ1) is 15.2. The molecule has 1 aromatic heterocycles. The number of rotatable bonds is 4. The summed E-state index contributed by atoms with van der Waals surface area (Å²) in [6.07, 6.45) is 3.16. The first kappa shape index (κ1) is 22.6. The van der Waals surface area contributed by atoms with Gasteiger partial charge in [0.05, 0.1) is 17.2 Å². The third-order valence-electron chi connectivity index (χ3n) is 7.18. The van der Waals surface area contributed by atoms with E-state index in [1.807, 2.05) is 19.1 Å². The highest BCUT2D eigenvalue weighted by Gasteiger charge is 2.52. The van der Waals surface area contributed by atoms with Gasteiger partial charge in [-0.1, -0.05) is 44.5 Å². The van der Waals surface area contributed by atoms with Gasteiger partial charge in [-0.3, -0.25) is 9.78 Å². The Hall–Kier alpha value is -2.63. The van der Waals surface area contributed by atoms with Crippen molar-refractivity contribution in [2.45, 2.75) is 45.9 Å². The lowest BCUT2D eigenvalue weighted by atomic mass is 9.61. The maximum absolute atomic E-state index is 13.0. The topological polar surface area (TPSA) is 39.2 Å². The number of hydrogen-bond acceptors (Lipinski definition) is 3. The van der Waals surface area contributed by atoms with E-state index in [1.165, 1.54) is 6.07 Å². The van der Waals surface area contributed by atoms with E-state index in [0.717, 1.165) is 30.7 Å². The molecule has 4 rings (SSSR count). The predicted molar refractivity (Wildman–Crippen MR) is 117 cm³/mol. The van der Waals surface area contributed by atoms with Crippen molar-refractivity contribution in [3.8, 4) is 11.1 Å². The van der Waals surface area contributed by atoms with E-state index < -0.39 is 11.7 Å². The Bertz CT molecular complexity index is 999. The van der Waals surface area contributed by atoms with Crippen LogP contribution in [-0.4, -0.2) is 17.1 Å². The fourth-order valence-corrected chi connectivity index (χ4v) is 5.61. The Morgan fingerprint density at radius 3 is 2.59 bits per heavy atom. The SMILES string of the molecule is CC[C@H]1[C@H](/C=C/c2ccc(-c3cccc(C(F)(F)F)c3)cn2)[C@@H]2[C@@H](C)OC(=O)[C@@H]2C[C@@H]1C. The van der Waals surface area contributed by atoms with Crippen molar-refractivity contribution >= 4 is 12.0 Å². The number of nitrogens with zero attached hydrogens (tertiary/aromatic N) is 1. The van der Waals surface area contributed by atoms with E-state index in [9.17, 15) is 18.0 Å². The molecule has 1 saturated heterocycles. The molecular weight excluding hydrogens is 415 g/mol. The highest BCUT2D eigenvalue weighted by Crippen LogP contribution is 2.50. The van der Waals surface area contributed by atoms with Crippen LogP contribution in [0.5, 0.6) is 0 Å². The average Bonchev–Trinajstić information content (AvgIpc) is 3.04. The van der Waals surface area contributed by atoms with Crippen LogP contribution in [0.25, 0.3) is 17.2 Å². The minimum absolute atomic E-state index is 0.0475. The molecular formula is C26H28F3NO2. The lowest BCUT2D eigenvalue weighted by Crippen LogP contribution is -2.40. The number of ether oxygens (including phenoxy) is 1. The number of carbonyl (C=O) groups excluding carboxylic acids is 1. The van der Waals surface area contributed by atoms with Crippen LogP contribution in [0.4, 0.5) is 13.2 Å². The van der Waals surface area contributed by atoms with Crippen LogP contribution in [0.2, 0.25) is 0 Å². The third-order valence-corrected chi connectivity index (χ3v) is 7.18. The molecule has 170 valence electrons. The van der Waals surface area contributed by atoms with Crippen LogP contribution >= 0.6 is 0 Å². The molecule has 6 heteroatoms. The first-order valence-electron chi connectivity index (χ1n) is 11.2. The smallest absolute Gasteiger partial charge is 0.416 e. The lowest BCUT2D eigenvalue weighted by Gasteiger charge is -2.41. The first-order valence-corrected chi connectivity index (χ1v) is 11.2. The monoisotopic (exact) mass is 443 g/mol. The van der Waals surface area contributed by atoms with Crippen LogP contribution in [0.3, 0.4) is 0 Å². The van der Waals surface area contributed by atoms with Crippen molar-refractivity contribution in [3.63, 3.8) is 0 Å². The zero-order valence-electron chi connectivity index (χ0n) is 18.5. The fraction of sp³-hybridized carbons (Fsp3) is 0.462. The van der Waals surface area contributed by atoms with Crippen LogP contribution in [-0.2, 0) is 15.7 Å². The van der Waals surface area contributed by atoms with Crippen molar-refractivity contribution in [1.82, 2.24) is 4.98 Å². The normalized spacial score (nSPS) is 30.4. The molecule has 2 heterocycles. The minimum atomic E-state index is -4.38. The number of halogens is 3. The Balaban J connectivity index is 1.56. The number of hydrogen-bond donors (Lipinski definition) is 0. The predicted octanol–water partition coefficient (Wildman–Crippen LogP) is 6.64. The molecule has 2 aromatic rings. The van der Waals surface area contributed by atoms with E-state index >= 15 is 0 Å². The van der Waals surface area contributed by atoms with E-state index in [2.05, 4.69) is 24.9 Å². The van der Waals surface area contributed by atoms with Crippen LogP contribution in [0.1, 0.15) is 44.9 Å². The van der Waals surface area contributed by atoms with E-state index in [4.69, 9.17) is 4.74 Å². The van der Waals surface area contributed by atoms with Crippen molar-refractivity contribution in [2.75, 3.05) is 0 Å². The summed E-state index contributed by atoms with van der Waals surface area (Å²) in [5.74, 6) is 1.17. The zero-order chi connectivity index (χ0) is 23.0. The van der Waals surface area contributed by atoms with Crippen LogP contribution in [0, 0.1) is 29.6 Å². The average molecular weight is 444 g/mol. The van der Waals surface area contributed by atoms with Gasteiger partial charge in [-0.05, 0) is 60.9 Å². The molecule has 0 amide bonds. The Morgan fingerprint density at radius 2 is 1.94 bits per heavy atom. The highest BCUT2D eigenvalue weighted by molar-refractivity contribution is 5.75. The minimum Gasteiger partial charge on any atom is -0.462 e. The molecule has 1 saturated carbocycles. The summed E-state index contributed by atoms with van der Waals surface area (Å²) >= 11 is 0. The molecule has 0 spiro atoms. The molecule has 32 heavy (non-hydrogen) atoms. The van der Waals surface area contributed by atoms with Gasteiger partial charge < -0.3 is 4.74 Å². The Morgan fingerprint density at radius 1 is 1.16 bits per heavy atom. The van der Waals surface area contributed by atoms with Gasteiger partial charge in [0.1, 0.15) is 6.10 Å². The number of cyclic esters (lactones) is 1. The Kier molecular flexibility index (Phi) is 6.15. The largest absolute Gasteiger partial charge is 0.462 e. The summed E-state index contributed by atoms with van der Waals surface area (Å²) in [6, 6.07) is 8.86. The number of carbonyl (C=O) groups is 1. The molecule has 1 aromatic carbocycles. The second-order valence-corrected chi connectivity index (χ2v) is 9.10. The number of alkyl halides is 3. The fourth-order valence-electron chi connectivity index (χ4n) is 5.61. The summed E-state index contributed by atoms with van der Waals surface area (Å²) in [5.41, 5.74) is 1.18. The summed E-state index contributed by atoms with van der Waals surface area (Å²) in [6.45, 7) is 6.38. The molecule has 6 atom stereocenters. The summed E-state index contributed by atoms with van der Waals surface area (Å²) < 4.78 is 44.6. The lowest BCUT2D eigenvalue weighted by molar-refractivity contribution is -0.144. The van der Waals surface area contributed by atoms with E-state index in [0.29, 0.717) is 23.0 Å². The molecule has 0 N–H and O–H groups in total. The highest BCUT2D eigenvalue weighted by atomic mass is 19.4. The zero-order valence-corrected chi connectivity index (χ0v) is 18.5. The van der Waals surface area contributed by atoms with Crippen molar-refractivity contribution in [1.29, 1.82) is 0 Å². The third kappa shape index (κ3) is 4.32. The molecule has 0 radical (unpaired) electrons. The number of pyridine rings is 1. The number of esters is 1. The number of allylic oxidation sites excluding steroid dienone is 1. The van der Waals surface area contributed by atoms with E-state index in [1.54, 1.807) is 18.3 Å². The molecule has 1 aliphatic heterocycles. The number of fused-ring (bicyclic) bond motifs is 1. The molecule has 1 aliphatic carbocycles. The maximum atomic E-state index is 13.0. The van der Waals surface area contributed by atoms with Crippen molar-refractivity contribution < 1.29 is 22.7 Å². The quantitative estimate of drug-likeness (QED) is 0.497. The Labute approximate surface area is 186 Å². The van der Waals surface area contributed by atoms with Gasteiger partial charge in [0.15, 0.2) is 0 Å². The van der Waals surface area contributed by atoms with Crippen LogP contribution in [0.15, 0.2) is 48.7 Å². The summed E-state index contributed by atoms with van der Waals surface area (Å²) in [7, 11) is 0. The van der Waals surface area contributed by atoms with E-state index in [-0.39, 0.29) is 29.8 Å². The molecule has 2 fully saturated rings. The van der Waals surface area contributed by atoms with Gasteiger partial charge in [0.2, 0.25) is 0 Å².